The number of benzene rings is 1. The molecule has 0 spiro atoms. The Kier molecular flexibility index (Phi) is 9.07. The molecule has 4 nitrogen and oxygen atoms in total. The Labute approximate surface area is 181 Å². The maximum absolute atomic E-state index is 12.8. The van der Waals surface area contributed by atoms with Gasteiger partial charge in [-0.25, -0.2) is 0 Å². The van der Waals surface area contributed by atoms with Gasteiger partial charge < -0.3 is 11.1 Å². The van der Waals surface area contributed by atoms with Crippen LogP contribution in [0.1, 0.15) is 50.5 Å². The van der Waals surface area contributed by atoms with E-state index in [1.165, 1.54) is 24.8 Å². The molecule has 0 aromatic heterocycles. The lowest BCUT2D eigenvalue weighted by Gasteiger charge is -2.44. The third-order valence-electron chi connectivity index (χ3n) is 6.97. The molecule has 1 aliphatic heterocycles. The highest BCUT2D eigenvalue weighted by molar-refractivity contribution is 5.85. The van der Waals surface area contributed by atoms with Crippen molar-refractivity contribution in [3.8, 4) is 0 Å². The fourth-order valence-corrected chi connectivity index (χ4v) is 5.40. The van der Waals surface area contributed by atoms with Gasteiger partial charge in [0, 0.05) is 37.6 Å². The van der Waals surface area contributed by atoms with Crippen LogP contribution in [0.15, 0.2) is 30.3 Å². The van der Waals surface area contributed by atoms with Gasteiger partial charge in [-0.2, -0.15) is 0 Å². The number of carbonyl (C=O) groups excluding carboxylic acids is 1. The summed E-state index contributed by atoms with van der Waals surface area (Å²) < 4.78 is 0. The van der Waals surface area contributed by atoms with E-state index in [2.05, 4.69) is 40.5 Å². The van der Waals surface area contributed by atoms with Gasteiger partial charge in [0.15, 0.2) is 0 Å². The predicted octanol–water partition coefficient (Wildman–Crippen LogP) is 3.76. The number of amides is 1. The van der Waals surface area contributed by atoms with Crippen LogP contribution in [-0.2, 0) is 11.3 Å². The quantitative estimate of drug-likeness (QED) is 0.768. The number of fused-ring (bicyclic) bond motifs is 2. The van der Waals surface area contributed by atoms with Crippen molar-refractivity contribution in [2.75, 3.05) is 13.1 Å². The van der Waals surface area contributed by atoms with E-state index in [1.807, 2.05) is 0 Å². The highest BCUT2D eigenvalue weighted by atomic mass is 35.5. The van der Waals surface area contributed by atoms with Crippen molar-refractivity contribution >= 4 is 30.7 Å². The fourth-order valence-electron chi connectivity index (χ4n) is 5.40. The van der Waals surface area contributed by atoms with Crippen LogP contribution in [0.25, 0.3) is 0 Å². The predicted molar refractivity (Wildman–Crippen MR) is 119 cm³/mol. The lowest BCUT2D eigenvalue weighted by Crippen LogP contribution is -2.51. The van der Waals surface area contributed by atoms with Gasteiger partial charge in [0.1, 0.15) is 0 Å². The molecule has 3 fully saturated rings. The molecule has 4 rings (SSSR count). The van der Waals surface area contributed by atoms with Crippen LogP contribution in [0.4, 0.5) is 0 Å². The van der Waals surface area contributed by atoms with Crippen LogP contribution in [-0.4, -0.2) is 36.0 Å². The monoisotopic (exact) mass is 427 g/mol. The Bertz CT molecular complexity index is 593. The zero-order valence-corrected chi connectivity index (χ0v) is 18.2. The first-order valence-corrected chi connectivity index (χ1v) is 10.5. The molecular weight excluding hydrogens is 393 g/mol. The number of likely N-dealkylation sites (tertiary alicyclic amines) is 1. The van der Waals surface area contributed by atoms with Gasteiger partial charge in [0.2, 0.25) is 5.91 Å². The second kappa shape index (κ2) is 10.8. The zero-order valence-electron chi connectivity index (χ0n) is 16.6. The molecule has 28 heavy (non-hydrogen) atoms. The van der Waals surface area contributed by atoms with Gasteiger partial charge in [0.05, 0.1) is 0 Å². The topological polar surface area (TPSA) is 58.4 Å². The largest absolute Gasteiger partial charge is 0.353 e. The van der Waals surface area contributed by atoms with E-state index in [1.54, 1.807) is 0 Å². The summed E-state index contributed by atoms with van der Waals surface area (Å²) >= 11 is 0. The SMILES string of the molecule is Cl.Cl.NC1C2CCCC1CC(C(=O)NC1CCN(Cc3ccccc3)CC1)C2. The number of nitrogens with zero attached hydrogens (tertiary/aromatic N) is 1. The molecule has 1 amide bonds. The standard InChI is InChI=1S/C22H33N3O.2ClH/c23-21-17-7-4-8-18(21)14-19(13-17)22(26)24-20-9-11-25(12-10-20)15-16-5-2-1-3-6-16;;/h1-3,5-6,17-21H,4,7-15,23H2,(H,24,26);2*1H. The van der Waals surface area contributed by atoms with Crippen molar-refractivity contribution in [2.45, 2.75) is 63.6 Å². The molecule has 6 heteroatoms. The molecular formula is C22H35Cl2N3O. The summed E-state index contributed by atoms with van der Waals surface area (Å²) in [6, 6.07) is 11.4. The maximum atomic E-state index is 12.8. The van der Waals surface area contributed by atoms with E-state index in [0.29, 0.717) is 29.8 Å². The average molecular weight is 428 g/mol. The van der Waals surface area contributed by atoms with E-state index in [4.69, 9.17) is 5.73 Å². The molecule has 1 aromatic carbocycles. The van der Waals surface area contributed by atoms with Crippen LogP contribution in [0.2, 0.25) is 0 Å². The van der Waals surface area contributed by atoms with Crippen molar-refractivity contribution < 1.29 is 4.79 Å². The number of carbonyl (C=O) groups is 1. The van der Waals surface area contributed by atoms with Gasteiger partial charge in [0.25, 0.3) is 0 Å². The first kappa shape index (κ1) is 23.5. The number of piperidine rings is 1. The summed E-state index contributed by atoms with van der Waals surface area (Å²) in [6.45, 7) is 3.16. The molecule has 2 aliphatic carbocycles. The zero-order chi connectivity index (χ0) is 17.9. The fraction of sp³-hybridized carbons (Fsp3) is 0.682. The molecule has 2 unspecified atom stereocenters. The lowest BCUT2D eigenvalue weighted by atomic mass is 9.65. The van der Waals surface area contributed by atoms with Crippen molar-refractivity contribution in [3.05, 3.63) is 35.9 Å². The molecule has 2 atom stereocenters. The Morgan fingerprint density at radius 3 is 2.21 bits per heavy atom. The second-order valence-corrected chi connectivity index (χ2v) is 8.74. The van der Waals surface area contributed by atoms with Crippen LogP contribution in [0.5, 0.6) is 0 Å². The minimum Gasteiger partial charge on any atom is -0.353 e. The van der Waals surface area contributed by atoms with Crippen molar-refractivity contribution in [1.82, 2.24) is 10.2 Å². The van der Waals surface area contributed by atoms with Crippen molar-refractivity contribution in [1.29, 1.82) is 0 Å². The van der Waals surface area contributed by atoms with E-state index < -0.39 is 0 Å². The van der Waals surface area contributed by atoms with Crippen LogP contribution in [0.3, 0.4) is 0 Å². The van der Waals surface area contributed by atoms with Crippen LogP contribution in [0, 0.1) is 17.8 Å². The maximum Gasteiger partial charge on any atom is 0.223 e. The van der Waals surface area contributed by atoms with E-state index in [0.717, 1.165) is 45.3 Å². The second-order valence-electron chi connectivity index (χ2n) is 8.74. The third kappa shape index (κ3) is 5.63. The minimum absolute atomic E-state index is 0. The number of hydrogen-bond donors (Lipinski definition) is 2. The normalized spacial score (nSPS) is 30.6. The molecule has 1 saturated heterocycles. The molecule has 0 radical (unpaired) electrons. The molecule has 3 N–H and O–H groups in total. The molecule has 3 aliphatic rings. The van der Waals surface area contributed by atoms with E-state index >= 15 is 0 Å². The number of nitrogens with two attached hydrogens (primary N) is 1. The molecule has 158 valence electrons. The van der Waals surface area contributed by atoms with Crippen LogP contribution < -0.4 is 11.1 Å². The third-order valence-corrected chi connectivity index (χ3v) is 6.97. The molecule has 1 heterocycles. The van der Waals surface area contributed by atoms with Gasteiger partial charge in [-0.05, 0) is 55.9 Å². The highest BCUT2D eigenvalue weighted by Gasteiger charge is 2.40. The Morgan fingerprint density at radius 1 is 1.00 bits per heavy atom. The summed E-state index contributed by atoms with van der Waals surface area (Å²) in [6.07, 6.45) is 7.90. The van der Waals surface area contributed by atoms with Crippen LogP contribution >= 0.6 is 24.8 Å². The molecule has 1 aromatic rings. The van der Waals surface area contributed by atoms with Gasteiger partial charge in [-0.15, -0.1) is 24.8 Å². The van der Waals surface area contributed by atoms with E-state index in [9.17, 15) is 4.79 Å². The number of rotatable bonds is 4. The van der Waals surface area contributed by atoms with Crippen molar-refractivity contribution in [3.63, 3.8) is 0 Å². The summed E-state index contributed by atoms with van der Waals surface area (Å²) in [4.78, 5) is 15.3. The Hall–Kier alpha value is -0.810. The Balaban J connectivity index is 0.00000140. The number of nitrogens with one attached hydrogen (secondary N) is 1. The van der Waals surface area contributed by atoms with Crippen molar-refractivity contribution in [2.24, 2.45) is 23.5 Å². The Morgan fingerprint density at radius 2 is 1.61 bits per heavy atom. The first-order valence-electron chi connectivity index (χ1n) is 10.5. The van der Waals surface area contributed by atoms with E-state index in [-0.39, 0.29) is 30.7 Å². The highest BCUT2D eigenvalue weighted by Crippen LogP contribution is 2.42. The van der Waals surface area contributed by atoms with Gasteiger partial charge in [-0.3, -0.25) is 9.69 Å². The summed E-state index contributed by atoms with van der Waals surface area (Å²) in [5, 5.41) is 3.37. The average Bonchev–Trinajstić information content (AvgIpc) is 2.64. The van der Waals surface area contributed by atoms with Gasteiger partial charge in [-0.1, -0.05) is 36.8 Å². The summed E-state index contributed by atoms with van der Waals surface area (Å²) in [5.41, 5.74) is 7.75. The summed E-state index contributed by atoms with van der Waals surface area (Å²) in [5.74, 6) is 1.65. The number of halogens is 2. The molecule has 2 saturated carbocycles. The lowest BCUT2D eigenvalue weighted by molar-refractivity contribution is -0.129. The minimum atomic E-state index is 0. The summed E-state index contributed by atoms with van der Waals surface area (Å²) in [7, 11) is 0. The number of hydrogen-bond acceptors (Lipinski definition) is 3. The smallest absolute Gasteiger partial charge is 0.223 e. The molecule has 2 bridgehead atoms. The first-order chi connectivity index (χ1) is 12.7. The van der Waals surface area contributed by atoms with Gasteiger partial charge >= 0.3 is 0 Å².